The first-order valence-corrected chi connectivity index (χ1v) is 9.31. The van der Waals surface area contributed by atoms with E-state index in [1.54, 1.807) is 4.68 Å². The second-order valence-corrected chi connectivity index (χ2v) is 6.98. The standard InChI is InChI=1S/C19H22N8O/c1-14-20-10-15(11-21-14)12-26-8-6-16(7-9-26)19(28)23-17-2-4-18(5-3-17)27-13-22-24-25-27/h2-5,10-11,13,16H,6-9,12H2,1H3,(H,23,28). The molecule has 0 bridgehead atoms. The number of benzene rings is 1. The minimum absolute atomic E-state index is 0.0321. The molecule has 0 spiro atoms. The SMILES string of the molecule is Cc1ncc(CN2CCC(C(=O)Nc3ccc(-n4cnnn4)cc3)CC2)cn1. The molecular formula is C19H22N8O. The van der Waals surface area contributed by atoms with Gasteiger partial charge in [0.2, 0.25) is 5.91 Å². The Morgan fingerprint density at radius 3 is 2.50 bits per heavy atom. The molecule has 0 unspecified atom stereocenters. The summed E-state index contributed by atoms with van der Waals surface area (Å²) < 4.78 is 1.57. The molecule has 1 aliphatic heterocycles. The smallest absolute Gasteiger partial charge is 0.227 e. The fourth-order valence-corrected chi connectivity index (χ4v) is 3.33. The molecule has 1 N–H and O–H groups in total. The van der Waals surface area contributed by atoms with Crippen LogP contribution in [0.25, 0.3) is 5.69 Å². The Labute approximate surface area is 162 Å². The lowest BCUT2D eigenvalue weighted by Gasteiger charge is -2.31. The highest BCUT2D eigenvalue weighted by Gasteiger charge is 2.25. The van der Waals surface area contributed by atoms with Crippen LogP contribution >= 0.6 is 0 Å². The van der Waals surface area contributed by atoms with Crippen molar-refractivity contribution < 1.29 is 4.79 Å². The first-order chi connectivity index (χ1) is 13.7. The third kappa shape index (κ3) is 4.37. The molecule has 3 heterocycles. The molecule has 0 atom stereocenters. The van der Waals surface area contributed by atoms with Crippen LogP contribution in [-0.4, -0.2) is 54.1 Å². The van der Waals surface area contributed by atoms with Gasteiger partial charge in [0.1, 0.15) is 12.2 Å². The van der Waals surface area contributed by atoms with Crippen LogP contribution in [-0.2, 0) is 11.3 Å². The largest absolute Gasteiger partial charge is 0.326 e. The maximum absolute atomic E-state index is 12.6. The number of hydrogen-bond acceptors (Lipinski definition) is 7. The van der Waals surface area contributed by atoms with Crippen molar-refractivity contribution in [1.82, 2.24) is 35.1 Å². The van der Waals surface area contributed by atoms with Crippen LogP contribution in [0.4, 0.5) is 5.69 Å². The van der Waals surface area contributed by atoms with E-state index in [4.69, 9.17) is 0 Å². The molecule has 0 radical (unpaired) electrons. The van der Waals surface area contributed by atoms with E-state index in [1.807, 2.05) is 43.6 Å². The Bertz CT molecular complexity index is 900. The molecule has 0 saturated carbocycles. The van der Waals surface area contributed by atoms with Gasteiger partial charge in [0.05, 0.1) is 5.69 Å². The molecule has 28 heavy (non-hydrogen) atoms. The van der Waals surface area contributed by atoms with Crippen LogP contribution in [0.15, 0.2) is 43.0 Å². The summed E-state index contributed by atoms with van der Waals surface area (Å²) in [5.74, 6) is 0.892. The Kier molecular flexibility index (Phi) is 5.34. The summed E-state index contributed by atoms with van der Waals surface area (Å²) in [7, 11) is 0. The Hall–Kier alpha value is -3.20. The second kappa shape index (κ2) is 8.22. The number of carbonyl (C=O) groups is 1. The number of nitrogens with one attached hydrogen (secondary N) is 1. The summed E-state index contributed by atoms with van der Waals surface area (Å²) in [6.45, 7) is 4.49. The number of rotatable bonds is 5. The van der Waals surface area contributed by atoms with Gasteiger partial charge in [-0.15, -0.1) is 5.10 Å². The van der Waals surface area contributed by atoms with Crippen molar-refractivity contribution in [3.63, 3.8) is 0 Å². The number of piperidine rings is 1. The van der Waals surface area contributed by atoms with E-state index in [1.165, 1.54) is 6.33 Å². The van der Waals surface area contributed by atoms with Crippen LogP contribution in [0.3, 0.4) is 0 Å². The predicted octanol–water partition coefficient (Wildman–Crippen LogP) is 1.61. The number of likely N-dealkylation sites (tertiary alicyclic amines) is 1. The Balaban J connectivity index is 1.27. The van der Waals surface area contributed by atoms with Crippen molar-refractivity contribution >= 4 is 11.6 Å². The summed E-state index contributed by atoms with van der Waals surface area (Å²) in [5, 5.41) is 14.1. The van der Waals surface area contributed by atoms with Gasteiger partial charge in [-0.1, -0.05) is 0 Å². The van der Waals surface area contributed by atoms with Crippen LogP contribution < -0.4 is 5.32 Å². The minimum atomic E-state index is 0.0321. The highest BCUT2D eigenvalue weighted by atomic mass is 16.1. The van der Waals surface area contributed by atoms with Gasteiger partial charge in [0.25, 0.3) is 0 Å². The van der Waals surface area contributed by atoms with Gasteiger partial charge in [-0.2, -0.15) is 0 Å². The number of hydrogen-bond donors (Lipinski definition) is 1. The van der Waals surface area contributed by atoms with Gasteiger partial charge >= 0.3 is 0 Å². The number of aromatic nitrogens is 6. The molecule has 144 valence electrons. The summed E-state index contributed by atoms with van der Waals surface area (Å²) in [6, 6.07) is 7.47. The normalized spacial score (nSPS) is 15.5. The number of anilines is 1. The lowest BCUT2D eigenvalue weighted by molar-refractivity contribution is -0.121. The van der Waals surface area contributed by atoms with Crippen molar-refractivity contribution in [3.8, 4) is 5.69 Å². The molecule has 2 aromatic heterocycles. The van der Waals surface area contributed by atoms with Gasteiger partial charge in [-0.3, -0.25) is 9.69 Å². The molecule has 3 aromatic rings. The van der Waals surface area contributed by atoms with E-state index in [9.17, 15) is 4.79 Å². The zero-order valence-corrected chi connectivity index (χ0v) is 15.7. The van der Waals surface area contributed by atoms with E-state index >= 15 is 0 Å². The van der Waals surface area contributed by atoms with Gasteiger partial charge in [0, 0.05) is 36.1 Å². The van der Waals surface area contributed by atoms with Crippen molar-refractivity contribution in [2.45, 2.75) is 26.3 Å². The maximum atomic E-state index is 12.6. The molecule has 9 nitrogen and oxygen atoms in total. The van der Waals surface area contributed by atoms with Gasteiger partial charge < -0.3 is 5.32 Å². The van der Waals surface area contributed by atoms with E-state index in [0.717, 1.165) is 55.2 Å². The third-order valence-corrected chi connectivity index (χ3v) is 4.95. The topological polar surface area (TPSA) is 102 Å². The van der Waals surface area contributed by atoms with E-state index in [-0.39, 0.29) is 11.8 Å². The van der Waals surface area contributed by atoms with Crippen LogP contribution in [0, 0.1) is 12.8 Å². The quantitative estimate of drug-likeness (QED) is 0.720. The molecule has 1 aliphatic rings. The van der Waals surface area contributed by atoms with Gasteiger partial charge in [0.15, 0.2) is 0 Å². The fraction of sp³-hybridized carbons (Fsp3) is 0.368. The van der Waals surface area contributed by atoms with E-state index in [2.05, 4.69) is 35.7 Å². The monoisotopic (exact) mass is 378 g/mol. The lowest BCUT2D eigenvalue weighted by atomic mass is 9.95. The first kappa shape index (κ1) is 18.2. The zero-order valence-electron chi connectivity index (χ0n) is 15.7. The highest BCUT2D eigenvalue weighted by molar-refractivity contribution is 5.92. The summed E-state index contributed by atoms with van der Waals surface area (Å²) >= 11 is 0. The molecule has 0 aliphatic carbocycles. The molecule has 1 fully saturated rings. The average Bonchev–Trinajstić information content (AvgIpc) is 3.26. The minimum Gasteiger partial charge on any atom is -0.326 e. The summed E-state index contributed by atoms with van der Waals surface area (Å²) in [5.41, 5.74) is 2.73. The highest BCUT2D eigenvalue weighted by Crippen LogP contribution is 2.21. The van der Waals surface area contributed by atoms with Crippen molar-refractivity contribution in [2.75, 3.05) is 18.4 Å². The Morgan fingerprint density at radius 2 is 1.86 bits per heavy atom. The number of tetrazole rings is 1. The molecule has 1 aromatic carbocycles. The third-order valence-electron chi connectivity index (χ3n) is 4.95. The van der Waals surface area contributed by atoms with Gasteiger partial charge in [-0.05, 0) is 67.5 Å². The summed E-state index contributed by atoms with van der Waals surface area (Å²) in [4.78, 5) is 23.4. The maximum Gasteiger partial charge on any atom is 0.227 e. The summed E-state index contributed by atoms with van der Waals surface area (Å²) in [6.07, 6.45) is 6.98. The predicted molar refractivity (Wildman–Crippen MR) is 103 cm³/mol. The van der Waals surface area contributed by atoms with Gasteiger partial charge in [-0.25, -0.2) is 14.6 Å². The molecule has 4 rings (SSSR count). The number of aryl methyl sites for hydroxylation is 1. The van der Waals surface area contributed by atoms with E-state index in [0.29, 0.717) is 0 Å². The van der Waals surface area contributed by atoms with Crippen LogP contribution in [0.5, 0.6) is 0 Å². The fourth-order valence-electron chi connectivity index (χ4n) is 3.33. The van der Waals surface area contributed by atoms with Crippen molar-refractivity contribution in [2.24, 2.45) is 5.92 Å². The van der Waals surface area contributed by atoms with E-state index < -0.39 is 0 Å². The lowest BCUT2D eigenvalue weighted by Crippen LogP contribution is -2.37. The van der Waals surface area contributed by atoms with Crippen LogP contribution in [0.2, 0.25) is 0 Å². The zero-order chi connectivity index (χ0) is 19.3. The number of nitrogens with zero attached hydrogens (tertiary/aromatic N) is 7. The van der Waals surface area contributed by atoms with Crippen LogP contribution in [0.1, 0.15) is 24.2 Å². The number of amides is 1. The first-order valence-electron chi connectivity index (χ1n) is 9.31. The number of carbonyl (C=O) groups excluding carboxylic acids is 1. The van der Waals surface area contributed by atoms with Crippen molar-refractivity contribution in [1.29, 1.82) is 0 Å². The molecular weight excluding hydrogens is 356 g/mol. The van der Waals surface area contributed by atoms with Crippen molar-refractivity contribution in [3.05, 3.63) is 54.4 Å². The average molecular weight is 378 g/mol. The Morgan fingerprint density at radius 1 is 1.14 bits per heavy atom. The molecule has 1 saturated heterocycles. The second-order valence-electron chi connectivity index (χ2n) is 6.98. The molecule has 1 amide bonds. The molecule has 9 heteroatoms.